The molecule has 0 saturated carbocycles. The molecule has 3 heteroatoms. The first-order chi connectivity index (χ1) is 9.72. The molecule has 3 nitrogen and oxygen atoms in total. The SMILES string of the molecule is CC(=O)c1ccnc(Oc2ccc3c(c2)CCCC3)c1. The summed E-state index contributed by atoms with van der Waals surface area (Å²) in [6.45, 7) is 1.54. The van der Waals surface area contributed by atoms with E-state index >= 15 is 0 Å². The lowest BCUT2D eigenvalue weighted by molar-refractivity contribution is 0.101. The highest BCUT2D eigenvalue weighted by atomic mass is 16.5. The third-order valence-corrected chi connectivity index (χ3v) is 3.68. The van der Waals surface area contributed by atoms with Gasteiger partial charge in [-0.2, -0.15) is 0 Å². The highest BCUT2D eigenvalue weighted by Gasteiger charge is 2.11. The quantitative estimate of drug-likeness (QED) is 0.790. The van der Waals surface area contributed by atoms with Crippen LogP contribution in [0.3, 0.4) is 0 Å². The maximum absolute atomic E-state index is 11.4. The van der Waals surface area contributed by atoms with Crippen LogP contribution < -0.4 is 4.74 Å². The number of Topliss-reactive ketones (excluding diaryl/α,β-unsaturated/α-hetero) is 1. The van der Waals surface area contributed by atoms with Gasteiger partial charge in [-0.1, -0.05) is 6.07 Å². The summed E-state index contributed by atoms with van der Waals surface area (Å²) in [7, 11) is 0. The smallest absolute Gasteiger partial charge is 0.219 e. The molecule has 0 saturated heterocycles. The largest absolute Gasteiger partial charge is 0.439 e. The minimum absolute atomic E-state index is 0.0164. The minimum atomic E-state index is 0.0164. The van der Waals surface area contributed by atoms with Crippen molar-refractivity contribution in [1.82, 2.24) is 4.98 Å². The average Bonchev–Trinajstić information content (AvgIpc) is 2.47. The molecule has 3 rings (SSSR count). The van der Waals surface area contributed by atoms with Crippen LogP contribution >= 0.6 is 0 Å². The summed E-state index contributed by atoms with van der Waals surface area (Å²) < 4.78 is 5.77. The van der Waals surface area contributed by atoms with Gasteiger partial charge in [0.1, 0.15) is 5.75 Å². The van der Waals surface area contributed by atoms with Crippen LogP contribution in [0.25, 0.3) is 0 Å². The number of aryl methyl sites for hydroxylation is 2. The van der Waals surface area contributed by atoms with E-state index in [1.807, 2.05) is 6.07 Å². The molecule has 1 aliphatic rings. The van der Waals surface area contributed by atoms with Gasteiger partial charge in [0, 0.05) is 17.8 Å². The summed E-state index contributed by atoms with van der Waals surface area (Å²) in [4.78, 5) is 15.5. The van der Waals surface area contributed by atoms with Crippen molar-refractivity contribution in [2.75, 3.05) is 0 Å². The monoisotopic (exact) mass is 267 g/mol. The van der Waals surface area contributed by atoms with Crippen molar-refractivity contribution in [1.29, 1.82) is 0 Å². The molecular formula is C17H17NO2. The molecule has 0 bridgehead atoms. The van der Waals surface area contributed by atoms with Crippen molar-refractivity contribution in [3.63, 3.8) is 0 Å². The summed E-state index contributed by atoms with van der Waals surface area (Å²) >= 11 is 0. The summed E-state index contributed by atoms with van der Waals surface area (Å²) in [5.74, 6) is 1.27. The average molecular weight is 267 g/mol. The fraction of sp³-hybridized carbons (Fsp3) is 0.294. The highest BCUT2D eigenvalue weighted by Crippen LogP contribution is 2.27. The molecule has 1 aliphatic carbocycles. The lowest BCUT2D eigenvalue weighted by Crippen LogP contribution is -2.02. The van der Waals surface area contributed by atoms with Crippen LogP contribution in [0, 0.1) is 0 Å². The number of ether oxygens (including phenoxy) is 1. The van der Waals surface area contributed by atoms with E-state index in [9.17, 15) is 4.79 Å². The molecule has 0 radical (unpaired) electrons. The zero-order chi connectivity index (χ0) is 13.9. The van der Waals surface area contributed by atoms with Crippen molar-refractivity contribution >= 4 is 5.78 Å². The Hall–Kier alpha value is -2.16. The molecule has 0 fully saturated rings. The zero-order valence-corrected chi connectivity index (χ0v) is 11.6. The second kappa shape index (κ2) is 5.45. The number of hydrogen-bond donors (Lipinski definition) is 0. The summed E-state index contributed by atoms with van der Waals surface area (Å²) in [6.07, 6.45) is 6.40. The van der Waals surface area contributed by atoms with E-state index in [1.54, 1.807) is 18.3 Å². The third-order valence-electron chi connectivity index (χ3n) is 3.68. The topological polar surface area (TPSA) is 39.2 Å². The third kappa shape index (κ3) is 2.72. The molecule has 0 atom stereocenters. The summed E-state index contributed by atoms with van der Waals surface area (Å²) in [5, 5.41) is 0. The van der Waals surface area contributed by atoms with Gasteiger partial charge in [0.15, 0.2) is 5.78 Å². The van der Waals surface area contributed by atoms with E-state index < -0.39 is 0 Å². The number of carbonyl (C=O) groups is 1. The van der Waals surface area contributed by atoms with Crippen LogP contribution in [0.2, 0.25) is 0 Å². The molecule has 1 aromatic heterocycles. The van der Waals surface area contributed by atoms with Gasteiger partial charge in [-0.05, 0) is 61.9 Å². The van der Waals surface area contributed by atoms with E-state index in [-0.39, 0.29) is 5.78 Å². The lowest BCUT2D eigenvalue weighted by Gasteiger charge is -2.16. The van der Waals surface area contributed by atoms with Crippen LogP contribution in [0.4, 0.5) is 0 Å². The van der Waals surface area contributed by atoms with E-state index in [2.05, 4.69) is 17.1 Å². The van der Waals surface area contributed by atoms with E-state index in [1.165, 1.54) is 30.9 Å². The maximum atomic E-state index is 11.4. The van der Waals surface area contributed by atoms with Gasteiger partial charge in [0.05, 0.1) is 0 Å². The van der Waals surface area contributed by atoms with Crippen molar-refractivity contribution < 1.29 is 9.53 Å². The van der Waals surface area contributed by atoms with Gasteiger partial charge < -0.3 is 4.74 Å². The van der Waals surface area contributed by atoms with Gasteiger partial charge in [0.2, 0.25) is 5.88 Å². The van der Waals surface area contributed by atoms with Gasteiger partial charge in [-0.15, -0.1) is 0 Å². The van der Waals surface area contributed by atoms with Crippen molar-refractivity contribution in [3.8, 4) is 11.6 Å². The predicted octanol–water partition coefficient (Wildman–Crippen LogP) is 3.96. The Morgan fingerprint density at radius 2 is 1.90 bits per heavy atom. The van der Waals surface area contributed by atoms with Crippen LogP contribution in [0.1, 0.15) is 41.3 Å². The Morgan fingerprint density at radius 1 is 1.10 bits per heavy atom. The number of hydrogen-bond acceptors (Lipinski definition) is 3. The maximum Gasteiger partial charge on any atom is 0.219 e. The Labute approximate surface area is 118 Å². The van der Waals surface area contributed by atoms with E-state index in [4.69, 9.17) is 4.74 Å². The molecule has 20 heavy (non-hydrogen) atoms. The van der Waals surface area contributed by atoms with Gasteiger partial charge >= 0.3 is 0 Å². The molecule has 1 aromatic carbocycles. The molecule has 102 valence electrons. The zero-order valence-electron chi connectivity index (χ0n) is 11.6. The number of benzene rings is 1. The van der Waals surface area contributed by atoms with Crippen LogP contribution in [0.5, 0.6) is 11.6 Å². The molecule has 0 aliphatic heterocycles. The summed E-state index contributed by atoms with van der Waals surface area (Å²) in [5.41, 5.74) is 3.42. The second-order valence-corrected chi connectivity index (χ2v) is 5.18. The van der Waals surface area contributed by atoms with Crippen LogP contribution in [-0.4, -0.2) is 10.8 Å². The number of carbonyl (C=O) groups excluding carboxylic acids is 1. The molecule has 0 unspecified atom stereocenters. The van der Waals surface area contributed by atoms with Crippen molar-refractivity contribution in [2.45, 2.75) is 32.6 Å². The molecule has 2 aromatic rings. The minimum Gasteiger partial charge on any atom is -0.439 e. The molecule has 0 spiro atoms. The standard InChI is InChI=1S/C17H17NO2/c1-12(19)14-8-9-18-17(11-14)20-16-7-6-13-4-2-3-5-15(13)10-16/h6-11H,2-5H2,1H3. The first kappa shape index (κ1) is 12.9. The normalized spacial score (nSPS) is 13.7. The fourth-order valence-corrected chi connectivity index (χ4v) is 2.58. The lowest BCUT2D eigenvalue weighted by atomic mass is 9.92. The van der Waals surface area contributed by atoms with E-state index in [0.717, 1.165) is 18.6 Å². The van der Waals surface area contributed by atoms with Crippen LogP contribution in [0.15, 0.2) is 36.5 Å². The molecule has 1 heterocycles. The van der Waals surface area contributed by atoms with Crippen LogP contribution in [-0.2, 0) is 12.8 Å². The first-order valence-electron chi connectivity index (χ1n) is 6.99. The number of pyridine rings is 1. The van der Waals surface area contributed by atoms with E-state index in [0.29, 0.717) is 11.4 Å². The fourth-order valence-electron chi connectivity index (χ4n) is 2.58. The second-order valence-electron chi connectivity index (χ2n) is 5.18. The number of ketones is 1. The van der Waals surface area contributed by atoms with Gasteiger partial charge in [-0.25, -0.2) is 4.98 Å². The summed E-state index contributed by atoms with van der Waals surface area (Å²) in [6, 6.07) is 9.59. The predicted molar refractivity (Wildman–Crippen MR) is 77.4 cm³/mol. The van der Waals surface area contributed by atoms with Crippen molar-refractivity contribution in [3.05, 3.63) is 53.2 Å². The number of nitrogens with zero attached hydrogens (tertiary/aromatic N) is 1. The van der Waals surface area contributed by atoms with Gasteiger partial charge in [0.25, 0.3) is 0 Å². The first-order valence-corrected chi connectivity index (χ1v) is 6.99. The number of aromatic nitrogens is 1. The Kier molecular flexibility index (Phi) is 3.50. The molecule has 0 N–H and O–H groups in total. The Balaban J connectivity index is 1.84. The highest BCUT2D eigenvalue weighted by molar-refractivity contribution is 5.94. The van der Waals surface area contributed by atoms with Gasteiger partial charge in [-0.3, -0.25) is 4.79 Å². The number of rotatable bonds is 3. The Morgan fingerprint density at radius 3 is 2.70 bits per heavy atom. The number of fused-ring (bicyclic) bond motifs is 1. The molecular weight excluding hydrogens is 250 g/mol. The Bertz CT molecular complexity index is 649. The van der Waals surface area contributed by atoms with Crippen molar-refractivity contribution in [2.24, 2.45) is 0 Å². The molecule has 0 amide bonds.